The highest BCUT2D eigenvalue weighted by Crippen LogP contribution is 2.32. The van der Waals surface area contributed by atoms with Gasteiger partial charge < -0.3 is 14.8 Å². The largest absolute Gasteiger partial charge is 0.496 e. The van der Waals surface area contributed by atoms with Gasteiger partial charge in [-0.2, -0.15) is 0 Å². The molecule has 1 aromatic carbocycles. The van der Waals surface area contributed by atoms with Gasteiger partial charge in [-0.1, -0.05) is 0 Å². The third-order valence-corrected chi connectivity index (χ3v) is 2.11. The third-order valence-electron chi connectivity index (χ3n) is 1.97. The van der Waals surface area contributed by atoms with Crippen LogP contribution >= 0.6 is 11.6 Å². The van der Waals surface area contributed by atoms with E-state index in [-0.39, 0.29) is 0 Å². The minimum Gasteiger partial charge on any atom is -0.496 e. The van der Waals surface area contributed by atoms with Crippen molar-refractivity contribution in [2.24, 2.45) is 0 Å². The van der Waals surface area contributed by atoms with Crippen molar-refractivity contribution in [2.75, 3.05) is 25.5 Å². The summed E-state index contributed by atoms with van der Waals surface area (Å²) in [4.78, 5) is 0. The molecule has 0 amide bonds. The highest BCUT2D eigenvalue weighted by Gasteiger charge is 2.07. The Hall–Kier alpha value is -1.09. The van der Waals surface area contributed by atoms with Crippen molar-refractivity contribution in [3.8, 4) is 11.5 Å². The molecule has 0 atom stereocenters. The summed E-state index contributed by atoms with van der Waals surface area (Å²) < 4.78 is 10.4. The van der Waals surface area contributed by atoms with E-state index >= 15 is 0 Å². The molecule has 1 rings (SSSR count). The molecule has 0 aliphatic rings. The van der Waals surface area contributed by atoms with E-state index in [1.54, 1.807) is 14.2 Å². The molecule has 0 aliphatic heterocycles. The summed E-state index contributed by atoms with van der Waals surface area (Å²) in [5.41, 5.74) is 1.87. The van der Waals surface area contributed by atoms with Crippen LogP contribution in [0.1, 0.15) is 5.56 Å². The molecule has 1 N–H and O–H groups in total. The van der Waals surface area contributed by atoms with Gasteiger partial charge in [0.15, 0.2) is 0 Å². The van der Waals surface area contributed by atoms with Crippen LogP contribution in [0.5, 0.6) is 11.5 Å². The lowest BCUT2D eigenvalue weighted by molar-refractivity contribution is 0.402. The van der Waals surface area contributed by atoms with Gasteiger partial charge >= 0.3 is 0 Å². The maximum Gasteiger partial charge on any atom is 0.142 e. The number of aryl methyl sites for hydroxylation is 1. The summed E-state index contributed by atoms with van der Waals surface area (Å²) in [6.45, 7) is 1.96. The zero-order chi connectivity index (χ0) is 10.6. The van der Waals surface area contributed by atoms with E-state index in [2.05, 4.69) is 5.32 Å². The number of anilines is 1. The van der Waals surface area contributed by atoms with Crippen LogP contribution in [0.2, 0.25) is 0 Å². The minimum atomic E-state index is 0.336. The molecule has 0 saturated heterocycles. The molecule has 0 saturated carbocycles. The van der Waals surface area contributed by atoms with Crippen LogP contribution in [0.25, 0.3) is 0 Å². The van der Waals surface area contributed by atoms with E-state index in [4.69, 9.17) is 21.1 Å². The van der Waals surface area contributed by atoms with E-state index in [1.807, 2.05) is 19.1 Å². The maximum atomic E-state index is 5.59. The van der Waals surface area contributed by atoms with Crippen molar-refractivity contribution in [1.82, 2.24) is 0 Å². The second-order valence-electron chi connectivity index (χ2n) is 2.83. The average molecular weight is 216 g/mol. The topological polar surface area (TPSA) is 30.5 Å². The van der Waals surface area contributed by atoms with Crippen LogP contribution < -0.4 is 14.8 Å². The molecule has 4 heteroatoms. The first-order chi connectivity index (χ1) is 6.72. The van der Waals surface area contributed by atoms with Crippen LogP contribution in [0.3, 0.4) is 0 Å². The molecule has 0 radical (unpaired) electrons. The Kier molecular flexibility index (Phi) is 3.89. The zero-order valence-electron chi connectivity index (χ0n) is 8.56. The Morgan fingerprint density at radius 2 is 1.86 bits per heavy atom. The van der Waals surface area contributed by atoms with Crippen LogP contribution in [0.4, 0.5) is 5.69 Å². The van der Waals surface area contributed by atoms with E-state index in [1.165, 1.54) is 0 Å². The van der Waals surface area contributed by atoms with Gasteiger partial charge in [-0.05, 0) is 18.6 Å². The van der Waals surface area contributed by atoms with Gasteiger partial charge in [-0.15, -0.1) is 11.6 Å². The smallest absolute Gasteiger partial charge is 0.142 e. The molecule has 1 aromatic rings. The maximum absolute atomic E-state index is 5.59. The molecule has 0 spiro atoms. The minimum absolute atomic E-state index is 0.336. The standard InChI is InChI=1S/C10H14ClNO2/c1-7-4-10(14-3)8(12-6-11)5-9(7)13-2/h4-5,12H,6H2,1-3H3. The van der Waals surface area contributed by atoms with E-state index in [0.29, 0.717) is 6.00 Å². The van der Waals surface area contributed by atoms with Gasteiger partial charge in [-0.25, -0.2) is 0 Å². The normalized spacial score (nSPS) is 9.71. The fourth-order valence-electron chi connectivity index (χ4n) is 1.26. The summed E-state index contributed by atoms with van der Waals surface area (Å²) >= 11 is 5.59. The highest BCUT2D eigenvalue weighted by molar-refractivity contribution is 6.18. The molecule has 0 heterocycles. The van der Waals surface area contributed by atoms with Gasteiger partial charge in [0.2, 0.25) is 0 Å². The van der Waals surface area contributed by atoms with Crippen LogP contribution in [0.15, 0.2) is 12.1 Å². The number of rotatable bonds is 4. The molecular weight excluding hydrogens is 202 g/mol. The quantitative estimate of drug-likeness (QED) is 0.619. The second-order valence-corrected chi connectivity index (χ2v) is 3.10. The number of nitrogens with one attached hydrogen (secondary N) is 1. The van der Waals surface area contributed by atoms with Gasteiger partial charge in [0.25, 0.3) is 0 Å². The van der Waals surface area contributed by atoms with Crippen molar-refractivity contribution in [3.05, 3.63) is 17.7 Å². The predicted octanol–water partition coefficient (Wildman–Crippen LogP) is 2.62. The van der Waals surface area contributed by atoms with Crippen LogP contribution in [-0.4, -0.2) is 20.2 Å². The SMILES string of the molecule is COc1cc(NCCl)c(OC)cc1C. The second kappa shape index (κ2) is 4.96. The van der Waals surface area contributed by atoms with Gasteiger partial charge in [0, 0.05) is 6.07 Å². The number of benzene rings is 1. The fourth-order valence-corrected chi connectivity index (χ4v) is 1.40. The lowest BCUT2D eigenvalue weighted by Crippen LogP contribution is -1.99. The van der Waals surface area contributed by atoms with Crippen molar-refractivity contribution in [1.29, 1.82) is 0 Å². The van der Waals surface area contributed by atoms with Crippen LogP contribution in [-0.2, 0) is 0 Å². The van der Waals surface area contributed by atoms with Gasteiger partial charge in [0.05, 0.1) is 25.9 Å². The first-order valence-corrected chi connectivity index (χ1v) is 4.78. The summed E-state index contributed by atoms with van der Waals surface area (Å²) in [5.74, 6) is 1.59. The van der Waals surface area contributed by atoms with Crippen molar-refractivity contribution >= 4 is 17.3 Å². The van der Waals surface area contributed by atoms with Crippen LogP contribution in [0, 0.1) is 6.92 Å². The van der Waals surface area contributed by atoms with E-state index in [0.717, 1.165) is 22.7 Å². The summed E-state index contributed by atoms with van der Waals surface area (Å²) in [6, 6.07) is 4.12. The summed E-state index contributed by atoms with van der Waals surface area (Å²) in [5, 5.41) is 2.99. The molecule has 78 valence electrons. The number of ether oxygens (including phenoxy) is 2. The van der Waals surface area contributed by atoms with E-state index < -0.39 is 0 Å². The molecule has 14 heavy (non-hydrogen) atoms. The number of hydrogen-bond donors (Lipinski definition) is 1. The monoisotopic (exact) mass is 215 g/mol. The molecule has 0 aromatic heterocycles. The Balaban J connectivity index is 3.11. The molecule has 0 unspecified atom stereocenters. The highest BCUT2D eigenvalue weighted by atomic mass is 35.5. The molecular formula is C10H14ClNO2. The van der Waals surface area contributed by atoms with Gasteiger partial charge in [0.1, 0.15) is 11.5 Å². The Morgan fingerprint density at radius 1 is 1.21 bits per heavy atom. The van der Waals surface area contributed by atoms with Crippen molar-refractivity contribution in [2.45, 2.75) is 6.92 Å². The zero-order valence-corrected chi connectivity index (χ0v) is 9.31. The molecule has 0 fully saturated rings. The third kappa shape index (κ3) is 2.23. The number of methoxy groups -OCH3 is 2. The van der Waals surface area contributed by atoms with Crippen molar-refractivity contribution in [3.63, 3.8) is 0 Å². The summed E-state index contributed by atoms with van der Waals surface area (Å²) in [6.07, 6.45) is 0. The van der Waals surface area contributed by atoms with Crippen molar-refractivity contribution < 1.29 is 9.47 Å². The molecule has 3 nitrogen and oxygen atoms in total. The molecule has 0 aliphatic carbocycles. The molecule has 0 bridgehead atoms. The fraction of sp³-hybridized carbons (Fsp3) is 0.400. The first kappa shape index (κ1) is 11.0. The van der Waals surface area contributed by atoms with E-state index in [9.17, 15) is 0 Å². The lowest BCUT2D eigenvalue weighted by atomic mass is 10.2. The summed E-state index contributed by atoms with van der Waals surface area (Å²) in [7, 11) is 3.26. The Labute approximate surface area is 89.0 Å². The Morgan fingerprint density at radius 3 is 2.36 bits per heavy atom. The number of hydrogen-bond acceptors (Lipinski definition) is 3. The Bertz CT molecular complexity index is 315. The van der Waals surface area contributed by atoms with Gasteiger partial charge in [-0.3, -0.25) is 0 Å². The average Bonchev–Trinajstić information content (AvgIpc) is 2.20. The number of halogens is 1. The lowest BCUT2D eigenvalue weighted by Gasteiger charge is -2.12. The number of alkyl halides is 1. The first-order valence-electron chi connectivity index (χ1n) is 4.25. The predicted molar refractivity (Wildman–Crippen MR) is 58.6 cm³/mol.